The van der Waals surface area contributed by atoms with E-state index < -0.39 is 10.0 Å². The van der Waals surface area contributed by atoms with Gasteiger partial charge >= 0.3 is 0 Å². The van der Waals surface area contributed by atoms with Crippen LogP contribution in [0, 0.1) is 17.3 Å². The van der Waals surface area contributed by atoms with Gasteiger partial charge in [-0.15, -0.1) is 0 Å². The molecule has 2 aliphatic rings. The number of benzene rings is 1. The third-order valence-corrected chi connectivity index (χ3v) is 7.43. The van der Waals surface area contributed by atoms with E-state index in [1.165, 1.54) is 22.5 Å². The van der Waals surface area contributed by atoms with Crippen molar-refractivity contribution < 1.29 is 23.1 Å². The van der Waals surface area contributed by atoms with Crippen molar-refractivity contribution in [1.29, 1.82) is 0 Å². The lowest BCUT2D eigenvalue weighted by atomic mass is 10.1. The fourth-order valence-electron chi connectivity index (χ4n) is 3.77. The number of nitrogens with zero attached hydrogens (tertiary/aromatic N) is 1. The third-order valence-electron chi connectivity index (χ3n) is 5.54. The molecule has 28 heavy (non-hydrogen) atoms. The molecule has 1 amide bonds. The average Bonchev–Trinajstić information content (AvgIpc) is 3.16. The Bertz CT molecular complexity index is 897. The van der Waals surface area contributed by atoms with E-state index in [1.54, 1.807) is 0 Å². The molecule has 7 nitrogen and oxygen atoms in total. The second-order valence-corrected chi connectivity index (χ2v) is 10.2. The number of ether oxygens (including phenoxy) is 1. The summed E-state index contributed by atoms with van der Waals surface area (Å²) in [6.45, 7) is 9.31. The summed E-state index contributed by atoms with van der Waals surface area (Å²) in [5.74, 6) is -0.476. The molecule has 1 saturated heterocycles. The number of allylic oxidation sites excluding steroid dienone is 2. The van der Waals surface area contributed by atoms with Crippen LogP contribution in [0.25, 0.3) is 0 Å². The Hall–Kier alpha value is -1.90. The van der Waals surface area contributed by atoms with Crippen molar-refractivity contribution >= 4 is 21.6 Å². The second kappa shape index (κ2) is 7.50. The Balaban J connectivity index is 1.81. The molecular weight excluding hydrogens is 380 g/mol. The van der Waals surface area contributed by atoms with Crippen LogP contribution in [0.15, 0.2) is 34.7 Å². The monoisotopic (exact) mass is 408 g/mol. The molecule has 0 bridgehead atoms. The highest BCUT2D eigenvalue weighted by molar-refractivity contribution is 7.89. The standard InChI is InChI=1S/C20H28N2O5S/c1-13(2)11-15-18(20(15,3)4)19(24)21-16-12-14(5-6-17(16)23)28(25,26)22-7-9-27-10-8-22/h5-6,11-12,15,18,23H,7-10H2,1-4H3,(H,21,24)/t15-,18-/m1/s1. The average molecular weight is 409 g/mol. The lowest BCUT2D eigenvalue weighted by Crippen LogP contribution is -2.40. The van der Waals surface area contributed by atoms with E-state index in [1.807, 2.05) is 27.7 Å². The number of sulfonamides is 1. The molecule has 0 radical (unpaired) electrons. The molecule has 2 N–H and O–H groups in total. The maximum atomic E-state index is 12.8. The van der Waals surface area contributed by atoms with Crippen molar-refractivity contribution in [2.45, 2.75) is 32.6 Å². The predicted octanol–water partition coefficient (Wildman–Crippen LogP) is 2.59. The first-order valence-electron chi connectivity index (χ1n) is 9.42. The molecule has 154 valence electrons. The van der Waals surface area contributed by atoms with Crippen molar-refractivity contribution in [2.75, 3.05) is 31.6 Å². The minimum atomic E-state index is -3.71. The SMILES string of the molecule is CC(C)=C[C@@H]1[C@H](C(=O)Nc2cc(S(=O)(=O)N3CCOCC3)ccc2O)C1(C)C. The molecular formula is C20H28N2O5S. The van der Waals surface area contributed by atoms with Gasteiger partial charge in [0.1, 0.15) is 5.75 Å². The second-order valence-electron chi connectivity index (χ2n) is 8.25. The quantitative estimate of drug-likeness (QED) is 0.577. The van der Waals surface area contributed by atoms with Gasteiger partial charge in [0, 0.05) is 13.1 Å². The normalized spacial score (nSPS) is 24.4. The number of amides is 1. The highest BCUT2D eigenvalue weighted by atomic mass is 32.2. The summed E-state index contributed by atoms with van der Waals surface area (Å²) in [4.78, 5) is 12.8. The van der Waals surface area contributed by atoms with Crippen molar-refractivity contribution in [3.8, 4) is 5.75 Å². The Labute approximate surface area is 166 Å². The van der Waals surface area contributed by atoms with Gasteiger partial charge < -0.3 is 15.2 Å². The molecule has 1 aromatic rings. The first kappa shape index (κ1) is 20.8. The molecule has 1 aliphatic carbocycles. The molecule has 0 unspecified atom stereocenters. The molecule has 1 heterocycles. The first-order valence-corrected chi connectivity index (χ1v) is 10.9. The predicted molar refractivity (Wildman–Crippen MR) is 107 cm³/mol. The number of anilines is 1. The van der Waals surface area contributed by atoms with Crippen LogP contribution in [0.1, 0.15) is 27.7 Å². The number of carbonyl (C=O) groups is 1. The zero-order chi connectivity index (χ0) is 20.7. The number of hydrogen-bond acceptors (Lipinski definition) is 5. The smallest absolute Gasteiger partial charge is 0.243 e. The van der Waals surface area contributed by atoms with Crippen LogP contribution >= 0.6 is 0 Å². The van der Waals surface area contributed by atoms with Crippen LogP contribution in [-0.4, -0.2) is 50.0 Å². The number of aromatic hydroxyl groups is 1. The number of morpholine rings is 1. The molecule has 1 saturated carbocycles. The summed E-state index contributed by atoms with van der Waals surface area (Å²) < 4.78 is 32.2. The molecule has 1 aromatic carbocycles. The van der Waals surface area contributed by atoms with Gasteiger partial charge in [-0.25, -0.2) is 8.42 Å². The molecule has 0 aromatic heterocycles. The van der Waals surface area contributed by atoms with Gasteiger partial charge in [0.05, 0.1) is 29.7 Å². The van der Waals surface area contributed by atoms with E-state index in [2.05, 4.69) is 11.4 Å². The van der Waals surface area contributed by atoms with E-state index in [-0.39, 0.29) is 52.6 Å². The minimum Gasteiger partial charge on any atom is -0.506 e. The molecule has 2 fully saturated rings. The van der Waals surface area contributed by atoms with Crippen molar-refractivity contribution in [1.82, 2.24) is 4.31 Å². The van der Waals surface area contributed by atoms with Crippen molar-refractivity contribution in [3.63, 3.8) is 0 Å². The van der Waals surface area contributed by atoms with Crippen LogP contribution in [0.5, 0.6) is 5.75 Å². The van der Waals surface area contributed by atoms with Gasteiger partial charge in [0.15, 0.2) is 0 Å². The molecule has 1 aliphatic heterocycles. The number of carbonyl (C=O) groups excluding carboxylic acids is 1. The molecule has 2 atom stereocenters. The van der Waals surface area contributed by atoms with Gasteiger partial charge in [-0.05, 0) is 43.4 Å². The van der Waals surface area contributed by atoms with Gasteiger partial charge in [0.2, 0.25) is 15.9 Å². The Kier molecular flexibility index (Phi) is 5.58. The summed E-state index contributed by atoms with van der Waals surface area (Å²) in [6.07, 6.45) is 2.09. The number of nitrogens with one attached hydrogen (secondary N) is 1. The zero-order valence-corrected chi connectivity index (χ0v) is 17.5. The van der Waals surface area contributed by atoms with E-state index in [4.69, 9.17) is 4.74 Å². The van der Waals surface area contributed by atoms with E-state index in [0.29, 0.717) is 13.2 Å². The van der Waals surface area contributed by atoms with E-state index in [0.717, 1.165) is 5.57 Å². The minimum absolute atomic E-state index is 0.0402. The maximum Gasteiger partial charge on any atom is 0.243 e. The first-order chi connectivity index (χ1) is 13.0. The third kappa shape index (κ3) is 3.94. The molecule has 0 spiro atoms. The Morgan fingerprint density at radius 2 is 1.93 bits per heavy atom. The van der Waals surface area contributed by atoms with Crippen LogP contribution < -0.4 is 5.32 Å². The summed E-state index contributed by atoms with van der Waals surface area (Å²) in [5, 5.41) is 12.9. The number of hydrogen-bond donors (Lipinski definition) is 2. The highest BCUT2D eigenvalue weighted by Gasteiger charge is 2.60. The fraction of sp³-hybridized carbons (Fsp3) is 0.550. The van der Waals surface area contributed by atoms with Gasteiger partial charge in [-0.3, -0.25) is 4.79 Å². The van der Waals surface area contributed by atoms with E-state index >= 15 is 0 Å². The van der Waals surface area contributed by atoms with Crippen molar-refractivity contribution in [2.24, 2.45) is 17.3 Å². The summed E-state index contributed by atoms with van der Waals surface area (Å²) in [7, 11) is -3.71. The lowest BCUT2D eigenvalue weighted by molar-refractivity contribution is -0.118. The van der Waals surface area contributed by atoms with Crippen molar-refractivity contribution in [3.05, 3.63) is 29.8 Å². The van der Waals surface area contributed by atoms with E-state index in [9.17, 15) is 18.3 Å². The summed E-state index contributed by atoms with van der Waals surface area (Å²) in [6, 6.07) is 3.97. The van der Waals surface area contributed by atoms with Gasteiger partial charge in [-0.1, -0.05) is 25.5 Å². The van der Waals surface area contributed by atoms with Crippen LogP contribution in [0.3, 0.4) is 0 Å². The van der Waals surface area contributed by atoms with Gasteiger partial charge in [0.25, 0.3) is 0 Å². The van der Waals surface area contributed by atoms with Gasteiger partial charge in [-0.2, -0.15) is 4.31 Å². The number of rotatable bonds is 5. The van der Waals surface area contributed by atoms with Crippen LogP contribution in [0.4, 0.5) is 5.69 Å². The van der Waals surface area contributed by atoms with Crippen LogP contribution in [-0.2, 0) is 19.6 Å². The largest absolute Gasteiger partial charge is 0.506 e. The fourth-order valence-corrected chi connectivity index (χ4v) is 5.21. The molecule has 8 heteroatoms. The Morgan fingerprint density at radius 1 is 1.29 bits per heavy atom. The summed E-state index contributed by atoms with van der Waals surface area (Å²) in [5.41, 5.74) is 1.09. The topological polar surface area (TPSA) is 95.9 Å². The summed E-state index contributed by atoms with van der Waals surface area (Å²) >= 11 is 0. The number of phenols is 1. The lowest BCUT2D eigenvalue weighted by Gasteiger charge is -2.26. The molecule has 3 rings (SSSR count). The van der Waals surface area contributed by atoms with Crippen LogP contribution in [0.2, 0.25) is 0 Å². The number of phenolic OH excluding ortho intramolecular Hbond substituents is 1. The zero-order valence-electron chi connectivity index (χ0n) is 16.7. The highest BCUT2D eigenvalue weighted by Crippen LogP contribution is 2.59. The Morgan fingerprint density at radius 3 is 2.54 bits per heavy atom. The maximum absolute atomic E-state index is 12.8.